The third-order valence-electron chi connectivity index (χ3n) is 2.19. The van der Waals surface area contributed by atoms with Gasteiger partial charge in [-0.15, -0.1) is 0 Å². The van der Waals surface area contributed by atoms with Crippen LogP contribution < -0.4 is 0 Å². The topological polar surface area (TPSA) is 20.2 Å². The number of rotatable bonds is 2. The SMILES string of the molecule is C=C(C)c1c(C)ccc(C=CC)c1O. The van der Waals surface area contributed by atoms with E-state index in [4.69, 9.17) is 0 Å². The zero-order chi connectivity index (χ0) is 10.7. The molecule has 0 bridgehead atoms. The van der Waals surface area contributed by atoms with Crippen molar-refractivity contribution in [1.82, 2.24) is 0 Å². The van der Waals surface area contributed by atoms with Crippen LogP contribution in [0.1, 0.15) is 30.5 Å². The van der Waals surface area contributed by atoms with Crippen molar-refractivity contribution in [3.8, 4) is 5.75 Å². The molecule has 0 saturated carbocycles. The van der Waals surface area contributed by atoms with Gasteiger partial charge in [0.05, 0.1) is 0 Å². The highest BCUT2D eigenvalue weighted by Crippen LogP contribution is 2.31. The number of hydrogen-bond donors (Lipinski definition) is 1. The van der Waals surface area contributed by atoms with Crippen LogP contribution in [0.25, 0.3) is 11.6 Å². The Labute approximate surface area is 85.4 Å². The molecule has 1 rings (SSSR count). The van der Waals surface area contributed by atoms with E-state index in [9.17, 15) is 5.11 Å². The third-order valence-corrected chi connectivity index (χ3v) is 2.19. The van der Waals surface area contributed by atoms with Crippen LogP contribution in [0.15, 0.2) is 24.8 Å². The molecule has 1 aromatic rings. The molecule has 1 nitrogen and oxygen atoms in total. The summed E-state index contributed by atoms with van der Waals surface area (Å²) >= 11 is 0. The first-order chi connectivity index (χ1) is 6.57. The number of aromatic hydroxyl groups is 1. The van der Waals surface area contributed by atoms with Gasteiger partial charge in [0.2, 0.25) is 0 Å². The zero-order valence-corrected chi connectivity index (χ0v) is 8.96. The summed E-state index contributed by atoms with van der Waals surface area (Å²) in [5, 5.41) is 9.96. The minimum Gasteiger partial charge on any atom is -0.507 e. The van der Waals surface area contributed by atoms with Gasteiger partial charge in [-0.2, -0.15) is 0 Å². The molecule has 0 aromatic heterocycles. The van der Waals surface area contributed by atoms with Crippen molar-refractivity contribution in [3.63, 3.8) is 0 Å². The average Bonchev–Trinajstić information content (AvgIpc) is 2.10. The maximum atomic E-state index is 9.96. The van der Waals surface area contributed by atoms with Crippen molar-refractivity contribution in [2.24, 2.45) is 0 Å². The second kappa shape index (κ2) is 4.14. The summed E-state index contributed by atoms with van der Waals surface area (Å²) in [6, 6.07) is 3.91. The molecule has 0 unspecified atom stereocenters. The van der Waals surface area contributed by atoms with Gasteiger partial charge in [-0.1, -0.05) is 30.9 Å². The first-order valence-electron chi connectivity index (χ1n) is 4.69. The molecule has 0 aliphatic rings. The van der Waals surface area contributed by atoms with Gasteiger partial charge in [-0.05, 0) is 31.9 Å². The summed E-state index contributed by atoms with van der Waals surface area (Å²) in [5.74, 6) is 0.329. The summed E-state index contributed by atoms with van der Waals surface area (Å²) < 4.78 is 0. The van der Waals surface area contributed by atoms with Gasteiger partial charge in [-0.3, -0.25) is 0 Å². The maximum Gasteiger partial charge on any atom is 0.130 e. The van der Waals surface area contributed by atoms with Gasteiger partial charge in [-0.25, -0.2) is 0 Å². The Bertz CT molecular complexity index is 386. The molecule has 74 valence electrons. The van der Waals surface area contributed by atoms with E-state index in [0.717, 1.165) is 22.3 Å². The summed E-state index contributed by atoms with van der Waals surface area (Å²) in [4.78, 5) is 0. The van der Waals surface area contributed by atoms with E-state index in [0.29, 0.717) is 5.75 Å². The molecule has 0 saturated heterocycles. The van der Waals surface area contributed by atoms with Crippen molar-refractivity contribution in [2.75, 3.05) is 0 Å². The first kappa shape index (κ1) is 10.6. The Kier molecular flexibility index (Phi) is 3.13. The van der Waals surface area contributed by atoms with Gasteiger partial charge >= 0.3 is 0 Å². The van der Waals surface area contributed by atoms with Gasteiger partial charge in [0.1, 0.15) is 5.75 Å². The number of phenols is 1. The molecule has 0 aliphatic carbocycles. The van der Waals surface area contributed by atoms with Crippen molar-refractivity contribution >= 4 is 11.6 Å². The quantitative estimate of drug-likeness (QED) is 0.749. The Balaban J connectivity index is 3.41. The highest BCUT2D eigenvalue weighted by Gasteiger charge is 2.08. The number of benzene rings is 1. The lowest BCUT2D eigenvalue weighted by Crippen LogP contribution is -1.88. The normalized spacial score (nSPS) is 10.8. The maximum absolute atomic E-state index is 9.96. The minimum absolute atomic E-state index is 0.329. The predicted octanol–water partition coefficient (Wildman–Crippen LogP) is 3.77. The summed E-state index contributed by atoms with van der Waals surface area (Å²) in [6.07, 6.45) is 3.80. The number of aryl methyl sites for hydroxylation is 1. The molecule has 14 heavy (non-hydrogen) atoms. The van der Waals surface area contributed by atoms with E-state index >= 15 is 0 Å². The fraction of sp³-hybridized carbons (Fsp3) is 0.231. The summed E-state index contributed by atoms with van der Waals surface area (Å²) in [6.45, 7) is 9.67. The lowest BCUT2D eigenvalue weighted by molar-refractivity contribution is 0.472. The molecule has 0 fully saturated rings. The molecule has 1 aromatic carbocycles. The molecule has 0 radical (unpaired) electrons. The van der Waals surface area contributed by atoms with Crippen LogP contribution in [0.3, 0.4) is 0 Å². The van der Waals surface area contributed by atoms with Crippen LogP contribution in [0.5, 0.6) is 5.75 Å². The molecule has 0 amide bonds. The van der Waals surface area contributed by atoms with Gasteiger partial charge in [0.15, 0.2) is 0 Å². The van der Waals surface area contributed by atoms with E-state index in [1.165, 1.54) is 0 Å². The number of allylic oxidation sites excluding steroid dienone is 2. The third kappa shape index (κ3) is 1.87. The minimum atomic E-state index is 0.329. The van der Waals surface area contributed by atoms with Gasteiger partial charge in [0.25, 0.3) is 0 Å². The van der Waals surface area contributed by atoms with Crippen molar-refractivity contribution < 1.29 is 5.11 Å². The molecular weight excluding hydrogens is 172 g/mol. The second-order valence-corrected chi connectivity index (χ2v) is 3.48. The molecule has 1 heteroatoms. The average molecular weight is 188 g/mol. The number of hydrogen-bond acceptors (Lipinski definition) is 1. The molecular formula is C13H16O. The van der Waals surface area contributed by atoms with Gasteiger partial charge in [0, 0.05) is 11.1 Å². The highest BCUT2D eigenvalue weighted by molar-refractivity contribution is 5.75. The van der Waals surface area contributed by atoms with E-state index in [2.05, 4.69) is 6.58 Å². The Morgan fingerprint density at radius 2 is 2.07 bits per heavy atom. The largest absolute Gasteiger partial charge is 0.507 e. The number of phenolic OH excluding ortho intramolecular Hbond substituents is 1. The van der Waals surface area contributed by atoms with Crippen LogP contribution in [0, 0.1) is 6.92 Å². The van der Waals surface area contributed by atoms with Crippen molar-refractivity contribution in [2.45, 2.75) is 20.8 Å². The fourth-order valence-corrected chi connectivity index (χ4v) is 1.56. The van der Waals surface area contributed by atoms with Crippen molar-refractivity contribution in [1.29, 1.82) is 0 Å². The van der Waals surface area contributed by atoms with E-state index in [-0.39, 0.29) is 0 Å². The fourth-order valence-electron chi connectivity index (χ4n) is 1.56. The van der Waals surface area contributed by atoms with E-state index in [1.54, 1.807) is 0 Å². The van der Waals surface area contributed by atoms with E-state index < -0.39 is 0 Å². The molecule has 0 spiro atoms. The molecule has 1 N–H and O–H groups in total. The van der Waals surface area contributed by atoms with Crippen LogP contribution in [0.4, 0.5) is 0 Å². The van der Waals surface area contributed by atoms with Crippen LogP contribution in [0.2, 0.25) is 0 Å². The predicted molar refractivity (Wildman–Crippen MR) is 62.3 cm³/mol. The lowest BCUT2D eigenvalue weighted by Gasteiger charge is -2.10. The van der Waals surface area contributed by atoms with Crippen LogP contribution in [-0.2, 0) is 0 Å². The Hall–Kier alpha value is -1.50. The van der Waals surface area contributed by atoms with Crippen molar-refractivity contribution in [3.05, 3.63) is 41.5 Å². The Morgan fingerprint density at radius 3 is 2.57 bits per heavy atom. The van der Waals surface area contributed by atoms with Gasteiger partial charge < -0.3 is 5.11 Å². The molecule has 0 heterocycles. The summed E-state index contributed by atoms with van der Waals surface area (Å²) in [5.41, 5.74) is 3.66. The first-order valence-corrected chi connectivity index (χ1v) is 4.69. The lowest BCUT2D eigenvalue weighted by atomic mass is 9.98. The smallest absolute Gasteiger partial charge is 0.130 e. The monoisotopic (exact) mass is 188 g/mol. The standard InChI is InChI=1S/C13H16O/c1-5-6-11-8-7-10(4)12(9(2)3)13(11)14/h5-8,14H,2H2,1,3-4H3. The zero-order valence-electron chi connectivity index (χ0n) is 8.96. The molecule has 0 aliphatic heterocycles. The van der Waals surface area contributed by atoms with Crippen LogP contribution in [-0.4, -0.2) is 5.11 Å². The van der Waals surface area contributed by atoms with E-state index in [1.807, 2.05) is 45.1 Å². The molecule has 0 atom stereocenters. The Morgan fingerprint density at radius 1 is 1.43 bits per heavy atom. The van der Waals surface area contributed by atoms with Crippen LogP contribution >= 0.6 is 0 Å². The highest BCUT2D eigenvalue weighted by atomic mass is 16.3. The second-order valence-electron chi connectivity index (χ2n) is 3.48. The summed E-state index contributed by atoms with van der Waals surface area (Å²) in [7, 11) is 0.